The molecule has 4 aromatic rings. The van der Waals surface area contributed by atoms with Crippen LogP contribution in [0, 0.1) is 0 Å². The molecule has 0 fully saturated rings. The number of imidazole rings is 1. The molecule has 1 aromatic heterocycles. The van der Waals surface area contributed by atoms with E-state index < -0.39 is 0 Å². The first kappa shape index (κ1) is 21.1. The maximum Gasteiger partial charge on any atom is 0.328 e. The van der Waals surface area contributed by atoms with Crippen LogP contribution in [0.1, 0.15) is 10.4 Å². The minimum absolute atomic E-state index is 0.137. The summed E-state index contributed by atoms with van der Waals surface area (Å²) in [6.45, 7) is 0. The Labute approximate surface area is 188 Å². The molecule has 0 radical (unpaired) electrons. The molecule has 0 atom stereocenters. The van der Waals surface area contributed by atoms with E-state index in [0.29, 0.717) is 22.0 Å². The van der Waals surface area contributed by atoms with Crippen molar-refractivity contribution >= 4 is 46.0 Å². The molecular weight excluding hydrogens is 434 g/mol. The van der Waals surface area contributed by atoms with Crippen LogP contribution in [-0.4, -0.2) is 22.2 Å². The Morgan fingerprint density at radius 3 is 2.26 bits per heavy atom. The summed E-state index contributed by atoms with van der Waals surface area (Å²) in [7, 11) is 5.01. The highest BCUT2D eigenvalue weighted by Crippen LogP contribution is 2.39. The molecule has 0 aliphatic rings. The molecular formula is C23H20ClN3O3S. The number of aryl methyl sites for hydroxylation is 2. The number of anilines is 1. The van der Waals surface area contributed by atoms with Crippen LogP contribution in [0.2, 0.25) is 5.02 Å². The monoisotopic (exact) mass is 453 g/mol. The minimum atomic E-state index is -0.260. The molecule has 0 saturated heterocycles. The van der Waals surface area contributed by atoms with Gasteiger partial charge in [-0.05, 0) is 48.5 Å². The van der Waals surface area contributed by atoms with Crippen molar-refractivity contribution in [2.75, 3.05) is 12.4 Å². The summed E-state index contributed by atoms with van der Waals surface area (Å²) in [4.78, 5) is 27.0. The molecule has 8 heteroatoms. The molecule has 1 N–H and O–H groups in total. The predicted molar refractivity (Wildman–Crippen MR) is 125 cm³/mol. The molecule has 31 heavy (non-hydrogen) atoms. The number of methoxy groups -OCH3 is 1. The van der Waals surface area contributed by atoms with E-state index in [4.69, 9.17) is 16.3 Å². The smallest absolute Gasteiger partial charge is 0.328 e. The van der Waals surface area contributed by atoms with Crippen molar-refractivity contribution in [1.29, 1.82) is 0 Å². The third-order valence-electron chi connectivity index (χ3n) is 5.03. The summed E-state index contributed by atoms with van der Waals surface area (Å²) in [5.74, 6) is 0.413. The lowest BCUT2D eigenvalue weighted by Crippen LogP contribution is -2.19. The van der Waals surface area contributed by atoms with Crippen LogP contribution in [0.25, 0.3) is 11.0 Å². The number of nitrogens with one attached hydrogen (secondary N) is 1. The number of nitrogens with zero attached hydrogens (tertiary/aromatic N) is 2. The van der Waals surface area contributed by atoms with Crippen LogP contribution < -0.4 is 15.7 Å². The standard InChI is InChI=1S/C23H20ClN3O3S/c1-26-18-12-17(25-22(28)14-8-10-15(30-3)11-9-14)21(13-19(18)27(2)23(26)29)31-20-7-5-4-6-16(20)24/h4-13H,1-3H3,(H,25,28). The van der Waals surface area contributed by atoms with E-state index in [-0.39, 0.29) is 11.6 Å². The summed E-state index contributed by atoms with van der Waals surface area (Å²) in [6.07, 6.45) is 0. The number of benzene rings is 3. The van der Waals surface area contributed by atoms with Crippen molar-refractivity contribution in [2.24, 2.45) is 14.1 Å². The van der Waals surface area contributed by atoms with Gasteiger partial charge >= 0.3 is 5.69 Å². The molecule has 0 spiro atoms. The molecule has 0 aliphatic carbocycles. The van der Waals surface area contributed by atoms with Gasteiger partial charge in [0.25, 0.3) is 5.91 Å². The van der Waals surface area contributed by atoms with E-state index in [1.165, 1.54) is 11.8 Å². The Morgan fingerprint density at radius 1 is 0.968 bits per heavy atom. The lowest BCUT2D eigenvalue weighted by Gasteiger charge is -2.13. The number of amides is 1. The fraction of sp³-hybridized carbons (Fsp3) is 0.130. The molecule has 0 bridgehead atoms. The van der Waals surface area contributed by atoms with Crippen LogP contribution in [0.4, 0.5) is 5.69 Å². The molecule has 0 aliphatic heterocycles. The number of hydrogen-bond donors (Lipinski definition) is 1. The number of carbonyl (C=O) groups excluding carboxylic acids is 1. The zero-order chi connectivity index (χ0) is 22.1. The van der Waals surface area contributed by atoms with E-state index in [0.717, 1.165) is 20.8 Å². The lowest BCUT2D eigenvalue weighted by atomic mass is 10.2. The largest absolute Gasteiger partial charge is 0.497 e. The third-order valence-corrected chi connectivity index (χ3v) is 6.61. The SMILES string of the molecule is COc1ccc(C(=O)Nc2cc3c(cc2Sc2ccccc2Cl)n(C)c(=O)n3C)cc1. The van der Waals surface area contributed by atoms with Crippen LogP contribution in [0.5, 0.6) is 5.75 Å². The number of ether oxygens (including phenoxy) is 1. The van der Waals surface area contributed by atoms with Crippen LogP contribution in [0.3, 0.4) is 0 Å². The molecule has 3 aromatic carbocycles. The quantitative estimate of drug-likeness (QED) is 0.464. The van der Waals surface area contributed by atoms with Gasteiger partial charge in [-0.1, -0.05) is 35.5 Å². The Balaban J connectivity index is 1.79. The van der Waals surface area contributed by atoms with Crippen molar-refractivity contribution in [3.63, 3.8) is 0 Å². The first-order valence-electron chi connectivity index (χ1n) is 9.46. The number of fused-ring (bicyclic) bond motifs is 1. The number of hydrogen-bond acceptors (Lipinski definition) is 4. The Morgan fingerprint density at radius 2 is 1.61 bits per heavy atom. The fourth-order valence-electron chi connectivity index (χ4n) is 3.29. The molecule has 1 heterocycles. The van der Waals surface area contributed by atoms with Crippen LogP contribution in [0.15, 0.2) is 75.2 Å². The summed E-state index contributed by atoms with van der Waals surface area (Å²) in [6, 6.07) is 18.1. The van der Waals surface area contributed by atoms with Gasteiger partial charge in [-0.25, -0.2) is 4.79 Å². The highest BCUT2D eigenvalue weighted by molar-refractivity contribution is 7.99. The second kappa shape index (κ2) is 8.53. The normalized spacial score (nSPS) is 11.0. The highest BCUT2D eigenvalue weighted by Gasteiger charge is 2.17. The fourth-order valence-corrected chi connectivity index (χ4v) is 4.48. The topological polar surface area (TPSA) is 65.3 Å². The molecule has 4 rings (SSSR count). The summed E-state index contributed by atoms with van der Waals surface area (Å²) in [5, 5.41) is 3.60. The van der Waals surface area contributed by atoms with Crippen molar-refractivity contribution in [1.82, 2.24) is 9.13 Å². The van der Waals surface area contributed by atoms with Gasteiger partial charge in [-0.3, -0.25) is 13.9 Å². The van der Waals surface area contributed by atoms with Crippen molar-refractivity contribution in [3.05, 3.63) is 81.7 Å². The van der Waals surface area contributed by atoms with Crippen molar-refractivity contribution in [3.8, 4) is 5.75 Å². The second-order valence-corrected chi connectivity index (χ2v) is 8.44. The summed E-state index contributed by atoms with van der Waals surface area (Å²) >= 11 is 7.79. The van der Waals surface area contributed by atoms with Crippen molar-refractivity contribution < 1.29 is 9.53 Å². The van der Waals surface area contributed by atoms with Crippen LogP contribution in [-0.2, 0) is 14.1 Å². The summed E-state index contributed by atoms with van der Waals surface area (Å²) < 4.78 is 8.30. The van der Waals surface area contributed by atoms with Gasteiger partial charge in [-0.2, -0.15) is 0 Å². The molecule has 1 amide bonds. The Hall–Kier alpha value is -3.16. The first-order valence-corrected chi connectivity index (χ1v) is 10.7. The average Bonchev–Trinajstić information content (AvgIpc) is 2.99. The molecule has 0 unspecified atom stereocenters. The second-order valence-electron chi connectivity index (χ2n) is 6.95. The minimum Gasteiger partial charge on any atom is -0.497 e. The van der Waals surface area contributed by atoms with E-state index in [1.54, 1.807) is 54.6 Å². The summed E-state index contributed by atoms with van der Waals surface area (Å²) in [5.41, 5.74) is 2.45. The lowest BCUT2D eigenvalue weighted by molar-refractivity contribution is 0.102. The van der Waals surface area contributed by atoms with Gasteiger partial charge in [0.1, 0.15) is 5.75 Å². The predicted octanol–water partition coefficient (Wildman–Crippen LogP) is 4.94. The maximum absolute atomic E-state index is 12.9. The van der Waals surface area contributed by atoms with Crippen LogP contribution >= 0.6 is 23.4 Å². The first-order chi connectivity index (χ1) is 14.9. The zero-order valence-corrected chi connectivity index (χ0v) is 18.8. The van der Waals surface area contributed by atoms with E-state index in [2.05, 4.69) is 5.32 Å². The average molecular weight is 454 g/mol. The van der Waals surface area contributed by atoms with Gasteiger partial charge < -0.3 is 10.1 Å². The van der Waals surface area contributed by atoms with Gasteiger partial charge in [-0.15, -0.1) is 0 Å². The number of aromatic nitrogens is 2. The maximum atomic E-state index is 12.9. The highest BCUT2D eigenvalue weighted by atomic mass is 35.5. The number of halogens is 1. The van der Waals surface area contributed by atoms with Gasteiger partial charge in [0, 0.05) is 29.4 Å². The molecule has 158 valence electrons. The van der Waals surface area contributed by atoms with E-state index in [1.807, 2.05) is 36.4 Å². The van der Waals surface area contributed by atoms with Gasteiger partial charge in [0.2, 0.25) is 0 Å². The van der Waals surface area contributed by atoms with E-state index in [9.17, 15) is 9.59 Å². The Kier molecular flexibility index (Phi) is 5.80. The van der Waals surface area contributed by atoms with E-state index >= 15 is 0 Å². The number of rotatable bonds is 5. The van der Waals surface area contributed by atoms with Gasteiger partial charge in [0.05, 0.1) is 28.9 Å². The zero-order valence-electron chi connectivity index (χ0n) is 17.2. The number of carbonyl (C=O) groups is 1. The van der Waals surface area contributed by atoms with Crippen molar-refractivity contribution in [2.45, 2.75) is 9.79 Å². The Bertz CT molecular complexity index is 1340. The molecule has 6 nitrogen and oxygen atoms in total. The van der Waals surface area contributed by atoms with Gasteiger partial charge in [0.15, 0.2) is 0 Å². The molecule has 0 saturated carbocycles. The third kappa shape index (κ3) is 4.06.